The Balaban J connectivity index is 1.84. The number of nitrogens with one attached hydrogen (secondary N) is 1. The second kappa shape index (κ2) is 5.77. The molecule has 0 saturated heterocycles. The zero-order valence-electron chi connectivity index (χ0n) is 9.28. The molecule has 0 amide bonds. The van der Waals surface area contributed by atoms with E-state index in [2.05, 4.69) is 21.8 Å². The van der Waals surface area contributed by atoms with Crippen molar-refractivity contribution in [3.8, 4) is 0 Å². The van der Waals surface area contributed by atoms with Crippen LogP contribution in [0.25, 0.3) is 0 Å². The molecular formula is C10H16ClN3OS. The van der Waals surface area contributed by atoms with Gasteiger partial charge in [0, 0.05) is 23.6 Å². The van der Waals surface area contributed by atoms with Gasteiger partial charge in [0.25, 0.3) is 0 Å². The van der Waals surface area contributed by atoms with Crippen molar-refractivity contribution in [2.75, 3.05) is 17.5 Å². The van der Waals surface area contributed by atoms with Gasteiger partial charge < -0.3 is 9.73 Å². The molecule has 90 valence electrons. The molecule has 1 heterocycles. The lowest BCUT2D eigenvalue weighted by atomic mass is 10.3. The van der Waals surface area contributed by atoms with Gasteiger partial charge >= 0.3 is 6.01 Å². The molecule has 1 aliphatic rings. The van der Waals surface area contributed by atoms with E-state index in [9.17, 15) is 0 Å². The number of hydrogen-bond acceptors (Lipinski definition) is 5. The normalized spacial score (nSPS) is 24.9. The second-order valence-electron chi connectivity index (χ2n) is 3.95. The number of thioether (sulfide) groups is 1. The molecule has 0 bridgehead atoms. The summed E-state index contributed by atoms with van der Waals surface area (Å²) in [6.07, 6.45) is 6.42. The van der Waals surface area contributed by atoms with Crippen LogP contribution in [-0.2, 0) is 6.42 Å². The third kappa shape index (κ3) is 3.04. The number of halogens is 1. The Morgan fingerprint density at radius 2 is 2.38 bits per heavy atom. The van der Waals surface area contributed by atoms with Crippen LogP contribution in [0.1, 0.15) is 25.2 Å². The molecule has 1 aromatic rings. The first kappa shape index (κ1) is 12.0. The first-order valence-electron chi connectivity index (χ1n) is 5.49. The van der Waals surface area contributed by atoms with Crippen molar-refractivity contribution in [1.82, 2.24) is 10.2 Å². The number of rotatable bonds is 5. The SMILES string of the molecule is CSC1CCC(Nc2nnc(CCCl)o2)C1. The molecule has 1 saturated carbocycles. The molecule has 0 spiro atoms. The highest BCUT2D eigenvalue weighted by Gasteiger charge is 2.24. The standard InChI is InChI=1S/C10H16ClN3OS/c1-16-8-3-2-7(6-8)12-10-14-13-9(15-10)4-5-11/h7-8H,2-6H2,1H3,(H,12,14). The maximum absolute atomic E-state index is 5.60. The van der Waals surface area contributed by atoms with E-state index in [0.29, 0.717) is 30.2 Å². The minimum absolute atomic E-state index is 0.474. The summed E-state index contributed by atoms with van der Waals surface area (Å²) in [5.74, 6) is 1.12. The fourth-order valence-electron chi connectivity index (χ4n) is 1.95. The first-order chi connectivity index (χ1) is 7.81. The van der Waals surface area contributed by atoms with Crippen LogP contribution in [0.15, 0.2) is 4.42 Å². The Morgan fingerprint density at radius 3 is 3.06 bits per heavy atom. The van der Waals surface area contributed by atoms with Crippen molar-refractivity contribution in [3.63, 3.8) is 0 Å². The van der Waals surface area contributed by atoms with Crippen LogP contribution in [-0.4, -0.2) is 33.6 Å². The molecule has 2 rings (SSSR count). The van der Waals surface area contributed by atoms with E-state index in [1.807, 2.05) is 11.8 Å². The van der Waals surface area contributed by atoms with E-state index < -0.39 is 0 Å². The van der Waals surface area contributed by atoms with Gasteiger partial charge in [-0.15, -0.1) is 16.7 Å². The van der Waals surface area contributed by atoms with Crippen molar-refractivity contribution < 1.29 is 4.42 Å². The summed E-state index contributed by atoms with van der Waals surface area (Å²) in [5.41, 5.74) is 0. The Hall–Kier alpha value is -0.420. The topological polar surface area (TPSA) is 51.0 Å². The highest BCUT2D eigenvalue weighted by Crippen LogP contribution is 2.29. The third-order valence-electron chi connectivity index (χ3n) is 2.82. The zero-order chi connectivity index (χ0) is 11.4. The molecule has 0 radical (unpaired) electrons. The number of aromatic nitrogens is 2. The molecule has 0 aliphatic heterocycles. The van der Waals surface area contributed by atoms with Crippen LogP contribution in [0.2, 0.25) is 0 Å². The number of aryl methyl sites for hydroxylation is 1. The molecule has 2 unspecified atom stereocenters. The summed E-state index contributed by atoms with van der Waals surface area (Å²) in [5, 5.41) is 11.9. The minimum atomic E-state index is 0.474. The minimum Gasteiger partial charge on any atom is -0.408 e. The largest absolute Gasteiger partial charge is 0.408 e. The summed E-state index contributed by atoms with van der Waals surface area (Å²) in [7, 11) is 0. The van der Waals surface area contributed by atoms with E-state index in [1.165, 1.54) is 19.3 Å². The van der Waals surface area contributed by atoms with Crippen LogP contribution < -0.4 is 5.32 Å². The number of alkyl halides is 1. The van der Waals surface area contributed by atoms with Gasteiger partial charge in [0.2, 0.25) is 5.89 Å². The molecule has 1 aromatic heterocycles. The first-order valence-corrected chi connectivity index (χ1v) is 7.31. The maximum Gasteiger partial charge on any atom is 0.315 e. The lowest BCUT2D eigenvalue weighted by Gasteiger charge is -2.09. The summed E-state index contributed by atoms with van der Waals surface area (Å²) in [4.78, 5) is 0. The lowest BCUT2D eigenvalue weighted by Crippen LogP contribution is -2.16. The molecule has 1 N–H and O–H groups in total. The van der Waals surface area contributed by atoms with Crippen LogP contribution in [0.3, 0.4) is 0 Å². The van der Waals surface area contributed by atoms with Crippen LogP contribution >= 0.6 is 23.4 Å². The Labute approximate surface area is 105 Å². The number of hydrogen-bond donors (Lipinski definition) is 1. The van der Waals surface area contributed by atoms with E-state index in [0.717, 1.165) is 5.25 Å². The van der Waals surface area contributed by atoms with Gasteiger partial charge in [-0.1, -0.05) is 5.10 Å². The summed E-state index contributed by atoms with van der Waals surface area (Å²) in [6, 6.07) is 1.01. The molecule has 1 aliphatic carbocycles. The van der Waals surface area contributed by atoms with Gasteiger partial charge in [0.1, 0.15) is 0 Å². The van der Waals surface area contributed by atoms with Gasteiger partial charge in [-0.2, -0.15) is 11.8 Å². The highest BCUT2D eigenvalue weighted by atomic mass is 35.5. The Bertz CT molecular complexity index is 334. The van der Waals surface area contributed by atoms with Crippen molar-refractivity contribution in [1.29, 1.82) is 0 Å². The fourth-order valence-corrected chi connectivity index (χ4v) is 2.91. The Morgan fingerprint density at radius 1 is 1.50 bits per heavy atom. The van der Waals surface area contributed by atoms with Crippen molar-refractivity contribution in [2.24, 2.45) is 0 Å². The number of anilines is 1. The predicted molar refractivity (Wildman–Crippen MR) is 67.3 cm³/mol. The molecule has 1 fully saturated rings. The van der Waals surface area contributed by atoms with Crippen LogP contribution in [0, 0.1) is 0 Å². The second-order valence-corrected chi connectivity index (χ2v) is 5.47. The quantitative estimate of drug-likeness (QED) is 0.826. The van der Waals surface area contributed by atoms with Crippen LogP contribution in [0.4, 0.5) is 6.01 Å². The number of nitrogens with zero attached hydrogens (tertiary/aromatic N) is 2. The molecule has 4 nitrogen and oxygen atoms in total. The zero-order valence-corrected chi connectivity index (χ0v) is 10.9. The predicted octanol–water partition coefficient (Wildman–Crippen LogP) is 2.55. The van der Waals surface area contributed by atoms with Gasteiger partial charge in [-0.05, 0) is 25.5 Å². The summed E-state index contributed by atoms with van der Waals surface area (Å²) in [6.45, 7) is 0. The lowest BCUT2D eigenvalue weighted by molar-refractivity contribution is 0.505. The van der Waals surface area contributed by atoms with Crippen LogP contribution in [0.5, 0.6) is 0 Å². The molecule has 0 aromatic carbocycles. The highest BCUT2D eigenvalue weighted by molar-refractivity contribution is 7.99. The monoisotopic (exact) mass is 261 g/mol. The van der Waals surface area contributed by atoms with Gasteiger partial charge in [-0.3, -0.25) is 0 Å². The molecule has 6 heteroatoms. The van der Waals surface area contributed by atoms with Crippen molar-refractivity contribution in [2.45, 2.75) is 37.0 Å². The molecule has 2 atom stereocenters. The van der Waals surface area contributed by atoms with E-state index in [-0.39, 0.29) is 0 Å². The molecular weight excluding hydrogens is 246 g/mol. The van der Waals surface area contributed by atoms with Gasteiger partial charge in [0.05, 0.1) is 0 Å². The summed E-state index contributed by atoms with van der Waals surface area (Å²) >= 11 is 7.54. The molecule has 16 heavy (non-hydrogen) atoms. The van der Waals surface area contributed by atoms with Crippen molar-refractivity contribution >= 4 is 29.4 Å². The van der Waals surface area contributed by atoms with E-state index in [4.69, 9.17) is 16.0 Å². The third-order valence-corrected chi connectivity index (χ3v) is 4.10. The smallest absolute Gasteiger partial charge is 0.315 e. The Kier molecular flexibility index (Phi) is 4.35. The average molecular weight is 262 g/mol. The van der Waals surface area contributed by atoms with Gasteiger partial charge in [0.15, 0.2) is 0 Å². The van der Waals surface area contributed by atoms with Crippen molar-refractivity contribution in [3.05, 3.63) is 5.89 Å². The maximum atomic E-state index is 5.60. The summed E-state index contributed by atoms with van der Waals surface area (Å²) < 4.78 is 5.43. The average Bonchev–Trinajstić information content (AvgIpc) is 2.89. The van der Waals surface area contributed by atoms with E-state index in [1.54, 1.807) is 0 Å². The fraction of sp³-hybridized carbons (Fsp3) is 0.800. The van der Waals surface area contributed by atoms with Gasteiger partial charge in [-0.25, -0.2) is 0 Å². The van der Waals surface area contributed by atoms with E-state index >= 15 is 0 Å².